The molecule has 28 heavy (non-hydrogen) atoms. The topological polar surface area (TPSA) is 59.3 Å². The maximum atomic E-state index is 13.3. The van der Waals surface area contributed by atoms with Crippen LogP contribution in [-0.2, 0) is 16.0 Å². The van der Waals surface area contributed by atoms with Crippen molar-refractivity contribution in [2.24, 2.45) is 0 Å². The third-order valence-corrected chi connectivity index (χ3v) is 5.61. The average molecular weight is 386 g/mol. The monoisotopic (exact) mass is 386 g/mol. The number of ether oxygens (including phenoxy) is 2. The minimum absolute atomic E-state index is 0.0587. The Morgan fingerprint density at radius 3 is 2.86 bits per heavy atom. The van der Waals surface area contributed by atoms with E-state index in [0.29, 0.717) is 32.1 Å². The van der Waals surface area contributed by atoms with E-state index < -0.39 is 0 Å². The van der Waals surface area contributed by atoms with Crippen molar-refractivity contribution in [3.8, 4) is 0 Å². The number of aromatic nitrogens is 2. The lowest BCUT2D eigenvalue weighted by atomic mass is 10.1. The predicted octanol–water partition coefficient (Wildman–Crippen LogP) is 2.12. The van der Waals surface area contributed by atoms with E-state index in [-0.39, 0.29) is 12.0 Å². The normalized spacial score (nSPS) is 20.8. The number of nitrogens with zero attached hydrogens (tertiary/aromatic N) is 4. The summed E-state index contributed by atoms with van der Waals surface area (Å²) in [5.74, 6) is 0.0587. The van der Waals surface area contributed by atoms with Gasteiger partial charge in [0.2, 0.25) is 0 Å². The number of pyridine rings is 1. The molecule has 1 atom stereocenters. The van der Waals surface area contributed by atoms with Gasteiger partial charge >= 0.3 is 0 Å². The number of imidazole rings is 1. The second-order valence-electron chi connectivity index (χ2n) is 7.91. The summed E-state index contributed by atoms with van der Waals surface area (Å²) in [7, 11) is 2.06. The minimum atomic E-state index is 0.0587. The van der Waals surface area contributed by atoms with Crippen molar-refractivity contribution < 1.29 is 14.3 Å². The zero-order valence-corrected chi connectivity index (χ0v) is 16.9. The molecule has 0 radical (unpaired) electrons. The first-order valence-corrected chi connectivity index (χ1v) is 10.3. The third kappa shape index (κ3) is 4.06. The van der Waals surface area contributed by atoms with E-state index in [4.69, 9.17) is 14.5 Å². The predicted molar refractivity (Wildman–Crippen MR) is 107 cm³/mol. The van der Waals surface area contributed by atoms with E-state index in [1.807, 2.05) is 30.2 Å². The van der Waals surface area contributed by atoms with Crippen LogP contribution in [0.1, 0.15) is 41.0 Å². The molecular formula is C21H30N4O3. The van der Waals surface area contributed by atoms with Gasteiger partial charge in [0.25, 0.3) is 5.91 Å². The molecule has 0 saturated carbocycles. The van der Waals surface area contributed by atoms with Crippen LogP contribution in [-0.4, -0.2) is 77.7 Å². The Bertz CT molecular complexity index is 822. The van der Waals surface area contributed by atoms with Crippen molar-refractivity contribution in [2.75, 3.05) is 46.5 Å². The maximum Gasteiger partial charge on any atom is 0.274 e. The van der Waals surface area contributed by atoms with E-state index in [1.165, 1.54) is 6.42 Å². The van der Waals surface area contributed by atoms with E-state index in [9.17, 15) is 4.79 Å². The fourth-order valence-electron chi connectivity index (χ4n) is 4.13. The summed E-state index contributed by atoms with van der Waals surface area (Å²) in [5, 5.41) is 0. The number of carbonyl (C=O) groups excluding carboxylic acids is 1. The van der Waals surface area contributed by atoms with Gasteiger partial charge in [-0.25, -0.2) is 4.98 Å². The van der Waals surface area contributed by atoms with Gasteiger partial charge in [0.1, 0.15) is 5.65 Å². The molecule has 1 unspecified atom stereocenters. The summed E-state index contributed by atoms with van der Waals surface area (Å²) >= 11 is 0. The van der Waals surface area contributed by atoms with Crippen LogP contribution in [0.4, 0.5) is 0 Å². The fourth-order valence-corrected chi connectivity index (χ4v) is 4.13. The Morgan fingerprint density at radius 2 is 2.11 bits per heavy atom. The standard InChI is InChI=1S/C21H30N4O3/c1-16-7-6-10-25-18(14-23(2)13-17-15-27-11-12-28-17)19(22-20(16)25)21(26)24-8-4-3-5-9-24/h6-7,10,17H,3-5,8-9,11-15H2,1-2H3. The fraction of sp³-hybridized carbons (Fsp3) is 0.619. The lowest BCUT2D eigenvalue weighted by Gasteiger charge is -2.28. The van der Waals surface area contributed by atoms with Gasteiger partial charge in [-0.2, -0.15) is 0 Å². The molecule has 2 fully saturated rings. The molecule has 7 nitrogen and oxygen atoms in total. The summed E-state index contributed by atoms with van der Waals surface area (Å²) in [6.45, 7) is 7.03. The maximum absolute atomic E-state index is 13.3. The molecular weight excluding hydrogens is 356 g/mol. The highest BCUT2D eigenvalue weighted by atomic mass is 16.6. The molecule has 2 aliphatic rings. The quantitative estimate of drug-likeness (QED) is 0.788. The van der Waals surface area contributed by atoms with Crippen molar-refractivity contribution in [1.82, 2.24) is 19.2 Å². The second kappa shape index (κ2) is 8.59. The van der Waals surface area contributed by atoms with Crippen LogP contribution in [0.2, 0.25) is 0 Å². The highest BCUT2D eigenvalue weighted by Gasteiger charge is 2.27. The smallest absolute Gasteiger partial charge is 0.274 e. The molecule has 0 aromatic carbocycles. The third-order valence-electron chi connectivity index (χ3n) is 5.61. The number of piperidine rings is 1. The summed E-state index contributed by atoms with van der Waals surface area (Å²) in [6.07, 6.45) is 5.43. The number of hydrogen-bond donors (Lipinski definition) is 0. The van der Waals surface area contributed by atoms with Gasteiger partial charge in [-0.05, 0) is 44.9 Å². The minimum Gasteiger partial charge on any atom is -0.376 e. The molecule has 4 rings (SSSR count). The largest absolute Gasteiger partial charge is 0.376 e. The molecule has 0 spiro atoms. The Morgan fingerprint density at radius 1 is 1.29 bits per heavy atom. The molecule has 7 heteroatoms. The molecule has 4 heterocycles. The van der Waals surface area contributed by atoms with Crippen LogP contribution >= 0.6 is 0 Å². The second-order valence-corrected chi connectivity index (χ2v) is 7.91. The van der Waals surface area contributed by atoms with Crippen LogP contribution in [0, 0.1) is 6.92 Å². The Hall–Kier alpha value is -1.96. The van der Waals surface area contributed by atoms with Crippen LogP contribution in [0.15, 0.2) is 18.3 Å². The Balaban J connectivity index is 1.61. The van der Waals surface area contributed by atoms with Crippen LogP contribution in [0.25, 0.3) is 5.65 Å². The van der Waals surface area contributed by atoms with Crippen molar-refractivity contribution in [1.29, 1.82) is 0 Å². The molecule has 1 amide bonds. The highest BCUT2D eigenvalue weighted by Crippen LogP contribution is 2.21. The van der Waals surface area contributed by atoms with Crippen molar-refractivity contribution >= 4 is 11.6 Å². The van der Waals surface area contributed by atoms with Gasteiger partial charge in [0, 0.05) is 32.4 Å². The van der Waals surface area contributed by atoms with E-state index in [2.05, 4.69) is 16.3 Å². The molecule has 0 aliphatic carbocycles. The molecule has 152 valence electrons. The van der Waals surface area contributed by atoms with Gasteiger partial charge in [-0.3, -0.25) is 9.69 Å². The number of rotatable bonds is 5. The average Bonchev–Trinajstić information content (AvgIpc) is 3.08. The van der Waals surface area contributed by atoms with E-state index in [0.717, 1.165) is 49.4 Å². The van der Waals surface area contributed by atoms with Gasteiger partial charge < -0.3 is 18.8 Å². The van der Waals surface area contributed by atoms with Crippen molar-refractivity contribution in [3.63, 3.8) is 0 Å². The van der Waals surface area contributed by atoms with Gasteiger partial charge in [0.05, 0.1) is 31.6 Å². The summed E-state index contributed by atoms with van der Waals surface area (Å²) in [5.41, 5.74) is 3.48. The van der Waals surface area contributed by atoms with Crippen molar-refractivity contribution in [2.45, 2.75) is 38.8 Å². The first-order chi connectivity index (χ1) is 13.6. The number of amides is 1. The number of aryl methyl sites for hydroxylation is 1. The number of likely N-dealkylation sites (tertiary alicyclic amines) is 1. The van der Waals surface area contributed by atoms with Crippen LogP contribution in [0.5, 0.6) is 0 Å². The molecule has 2 aliphatic heterocycles. The Kier molecular flexibility index (Phi) is 5.94. The first-order valence-electron chi connectivity index (χ1n) is 10.3. The van der Waals surface area contributed by atoms with Gasteiger partial charge in [0.15, 0.2) is 5.69 Å². The number of likely N-dealkylation sites (N-methyl/N-ethyl adjacent to an activating group) is 1. The molecule has 0 bridgehead atoms. The lowest BCUT2D eigenvalue weighted by Crippen LogP contribution is -2.39. The summed E-state index contributed by atoms with van der Waals surface area (Å²) in [4.78, 5) is 22.2. The van der Waals surface area contributed by atoms with Crippen LogP contribution in [0.3, 0.4) is 0 Å². The first kappa shape index (κ1) is 19.4. The van der Waals surface area contributed by atoms with Crippen LogP contribution < -0.4 is 0 Å². The Labute approximate surface area is 166 Å². The van der Waals surface area contributed by atoms with Gasteiger partial charge in [-0.15, -0.1) is 0 Å². The lowest BCUT2D eigenvalue weighted by molar-refractivity contribution is -0.0963. The highest BCUT2D eigenvalue weighted by molar-refractivity contribution is 5.94. The van der Waals surface area contributed by atoms with Gasteiger partial charge in [-0.1, -0.05) is 6.07 Å². The zero-order valence-electron chi connectivity index (χ0n) is 16.9. The van der Waals surface area contributed by atoms with E-state index >= 15 is 0 Å². The molecule has 2 aromatic rings. The number of hydrogen-bond acceptors (Lipinski definition) is 5. The number of fused-ring (bicyclic) bond motifs is 1. The zero-order chi connectivity index (χ0) is 19.5. The van der Waals surface area contributed by atoms with E-state index in [1.54, 1.807) is 0 Å². The SMILES string of the molecule is Cc1cccn2c(CN(C)CC3COCCO3)c(C(=O)N3CCCCC3)nc12. The number of carbonyl (C=O) groups is 1. The molecule has 2 aromatic heterocycles. The molecule has 2 saturated heterocycles. The summed E-state index contributed by atoms with van der Waals surface area (Å²) in [6, 6.07) is 4.05. The van der Waals surface area contributed by atoms with Crippen molar-refractivity contribution in [3.05, 3.63) is 35.3 Å². The molecule has 0 N–H and O–H groups in total. The summed E-state index contributed by atoms with van der Waals surface area (Å²) < 4.78 is 13.4.